The molecule has 6 heteroatoms. The summed E-state index contributed by atoms with van der Waals surface area (Å²) in [4.78, 5) is 13.7. The van der Waals surface area contributed by atoms with Gasteiger partial charge in [0.2, 0.25) is 0 Å². The van der Waals surface area contributed by atoms with E-state index in [0.29, 0.717) is 28.7 Å². The number of aliphatic hydroxyl groups is 1. The van der Waals surface area contributed by atoms with Crippen molar-refractivity contribution in [1.29, 1.82) is 0 Å². The summed E-state index contributed by atoms with van der Waals surface area (Å²) in [5.41, 5.74) is 0.197. The van der Waals surface area contributed by atoms with Crippen molar-refractivity contribution in [2.24, 2.45) is 5.92 Å². The van der Waals surface area contributed by atoms with Crippen molar-refractivity contribution in [3.05, 3.63) is 33.8 Å². The lowest BCUT2D eigenvalue weighted by molar-refractivity contribution is 0.0268. The number of benzene rings is 1. The summed E-state index contributed by atoms with van der Waals surface area (Å²) in [6.45, 7) is 6.56. The topological polar surface area (TPSA) is 49.8 Å². The summed E-state index contributed by atoms with van der Waals surface area (Å²) in [5, 5.41) is 11.4. The van der Waals surface area contributed by atoms with Crippen LogP contribution in [0.25, 0.3) is 0 Å². The first kappa shape index (κ1) is 17.4. The quantitative estimate of drug-likeness (QED) is 0.869. The largest absolute Gasteiger partial charge is 0.444 e. The van der Waals surface area contributed by atoms with E-state index in [0.717, 1.165) is 6.42 Å². The summed E-state index contributed by atoms with van der Waals surface area (Å²) >= 11 is 11.9. The third-order valence-electron chi connectivity index (χ3n) is 3.61. The standard InChI is InChI=1S/C16H21Cl2NO3/c1-16(2,3)22-15(21)19-7-6-11(9-19)14(20)10-4-5-12(17)13(18)8-10/h4-5,8,11,14,20H,6-7,9H2,1-3H3. The van der Waals surface area contributed by atoms with Crippen LogP contribution in [0.2, 0.25) is 10.0 Å². The maximum Gasteiger partial charge on any atom is 0.410 e. The summed E-state index contributed by atoms with van der Waals surface area (Å²) < 4.78 is 5.36. The number of amides is 1. The molecular weight excluding hydrogens is 325 g/mol. The van der Waals surface area contributed by atoms with Crippen molar-refractivity contribution in [3.8, 4) is 0 Å². The van der Waals surface area contributed by atoms with Crippen molar-refractivity contribution in [1.82, 2.24) is 4.90 Å². The average Bonchev–Trinajstić information content (AvgIpc) is 2.89. The minimum atomic E-state index is -0.679. The number of hydrogen-bond donors (Lipinski definition) is 1. The SMILES string of the molecule is CC(C)(C)OC(=O)N1CCC(C(O)c2ccc(Cl)c(Cl)c2)C1. The van der Waals surface area contributed by atoms with Crippen LogP contribution in [0.3, 0.4) is 0 Å². The maximum atomic E-state index is 12.0. The van der Waals surface area contributed by atoms with Crippen LogP contribution in [0.5, 0.6) is 0 Å². The van der Waals surface area contributed by atoms with Gasteiger partial charge in [0.15, 0.2) is 0 Å². The van der Waals surface area contributed by atoms with E-state index in [9.17, 15) is 9.90 Å². The fourth-order valence-electron chi connectivity index (χ4n) is 2.51. The highest BCUT2D eigenvalue weighted by atomic mass is 35.5. The van der Waals surface area contributed by atoms with Crippen LogP contribution in [-0.4, -0.2) is 34.8 Å². The Balaban J connectivity index is 2.00. The molecule has 122 valence electrons. The van der Waals surface area contributed by atoms with Crippen LogP contribution < -0.4 is 0 Å². The Morgan fingerprint density at radius 1 is 1.36 bits per heavy atom. The zero-order valence-corrected chi connectivity index (χ0v) is 14.5. The summed E-state index contributed by atoms with van der Waals surface area (Å²) in [6.07, 6.45) is -0.292. The van der Waals surface area contributed by atoms with E-state index >= 15 is 0 Å². The fourth-order valence-corrected chi connectivity index (χ4v) is 2.81. The van der Waals surface area contributed by atoms with Gasteiger partial charge in [-0.25, -0.2) is 4.79 Å². The number of rotatable bonds is 2. The lowest BCUT2D eigenvalue weighted by atomic mass is 9.95. The third kappa shape index (κ3) is 4.28. The molecule has 1 aliphatic rings. The predicted octanol–water partition coefficient (Wildman–Crippen LogP) is 4.28. The summed E-state index contributed by atoms with van der Waals surface area (Å²) in [6, 6.07) is 5.10. The Hall–Kier alpha value is -0.970. The second-order valence-corrected chi connectivity index (χ2v) is 7.41. The molecule has 1 fully saturated rings. The van der Waals surface area contributed by atoms with E-state index in [2.05, 4.69) is 0 Å². The smallest absolute Gasteiger partial charge is 0.410 e. The van der Waals surface area contributed by atoms with Crippen molar-refractivity contribution in [2.45, 2.75) is 38.9 Å². The third-order valence-corrected chi connectivity index (χ3v) is 4.35. The van der Waals surface area contributed by atoms with Gasteiger partial charge in [0.1, 0.15) is 5.60 Å². The van der Waals surface area contributed by atoms with Gasteiger partial charge in [-0.05, 0) is 44.9 Å². The van der Waals surface area contributed by atoms with Crippen LogP contribution in [0.4, 0.5) is 4.79 Å². The zero-order chi connectivity index (χ0) is 16.5. The van der Waals surface area contributed by atoms with Crippen molar-refractivity contribution < 1.29 is 14.6 Å². The van der Waals surface area contributed by atoms with E-state index in [-0.39, 0.29) is 12.0 Å². The van der Waals surface area contributed by atoms with Gasteiger partial charge in [0.05, 0.1) is 16.1 Å². The minimum absolute atomic E-state index is 0.0373. The highest BCUT2D eigenvalue weighted by Gasteiger charge is 2.34. The molecule has 0 aromatic heterocycles. The monoisotopic (exact) mass is 345 g/mol. The minimum Gasteiger partial charge on any atom is -0.444 e. The molecule has 1 heterocycles. The Labute approximate surface area is 141 Å². The van der Waals surface area contributed by atoms with Gasteiger partial charge in [-0.3, -0.25) is 0 Å². The maximum absolute atomic E-state index is 12.0. The van der Waals surface area contributed by atoms with Gasteiger partial charge in [0, 0.05) is 19.0 Å². The first-order chi connectivity index (χ1) is 10.2. The number of ether oxygens (including phenoxy) is 1. The number of aliphatic hydroxyl groups excluding tert-OH is 1. The molecule has 2 rings (SSSR count). The van der Waals surface area contributed by atoms with E-state index in [4.69, 9.17) is 27.9 Å². The Kier molecular flexibility index (Phi) is 5.25. The van der Waals surface area contributed by atoms with Gasteiger partial charge in [0.25, 0.3) is 0 Å². The number of halogens is 2. The predicted molar refractivity (Wildman–Crippen MR) is 87.3 cm³/mol. The molecule has 22 heavy (non-hydrogen) atoms. The first-order valence-corrected chi connectivity index (χ1v) is 8.04. The second kappa shape index (κ2) is 6.65. The highest BCUT2D eigenvalue weighted by molar-refractivity contribution is 6.42. The first-order valence-electron chi connectivity index (χ1n) is 7.28. The molecule has 1 N–H and O–H groups in total. The number of carbonyl (C=O) groups excluding carboxylic acids is 1. The summed E-state index contributed by atoms with van der Waals surface area (Å²) in [5.74, 6) is -0.0373. The molecule has 1 aliphatic heterocycles. The van der Waals surface area contributed by atoms with Crippen LogP contribution in [-0.2, 0) is 4.74 Å². The molecule has 1 aromatic rings. The molecule has 1 amide bonds. The molecule has 0 bridgehead atoms. The molecule has 0 saturated carbocycles. The van der Waals surface area contributed by atoms with E-state index in [1.165, 1.54) is 0 Å². The van der Waals surface area contributed by atoms with Gasteiger partial charge in [-0.1, -0.05) is 29.3 Å². The van der Waals surface area contributed by atoms with Crippen molar-refractivity contribution in [3.63, 3.8) is 0 Å². The fraction of sp³-hybridized carbons (Fsp3) is 0.562. The Bertz CT molecular complexity index is 557. The molecule has 0 aliphatic carbocycles. The van der Waals surface area contributed by atoms with Gasteiger partial charge in [-0.2, -0.15) is 0 Å². The molecule has 1 saturated heterocycles. The molecule has 1 aromatic carbocycles. The lowest BCUT2D eigenvalue weighted by Crippen LogP contribution is -2.35. The summed E-state index contributed by atoms with van der Waals surface area (Å²) in [7, 11) is 0. The second-order valence-electron chi connectivity index (χ2n) is 6.59. The van der Waals surface area contributed by atoms with Crippen molar-refractivity contribution in [2.75, 3.05) is 13.1 Å². The van der Waals surface area contributed by atoms with Crippen LogP contribution in [0, 0.1) is 5.92 Å². The normalized spacial score (nSPS) is 20.1. The van der Waals surface area contributed by atoms with Crippen molar-refractivity contribution >= 4 is 29.3 Å². The van der Waals surface area contributed by atoms with Gasteiger partial charge >= 0.3 is 6.09 Å². The number of nitrogens with zero attached hydrogens (tertiary/aromatic N) is 1. The molecule has 4 nitrogen and oxygen atoms in total. The highest BCUT2D eigenvalue weighted by Crippen LogP contribution is 2.33. The lowest BCUT2D eigenvalue weighted by Gasteiger charge is -2.25. The number of likely N-dealkylation sites (tertiary alicyclic amines) is 1. The average molecular weight is 346 g/mol. The van der Waals surface area contributed by atoms with Crippen LogP contribution in [0.1, 0.15) is 38.9 Å². The molecule has 0 radical (unpaired) electrons. The van der Waals surface area contributed by atoms with Crippen LogP contribution >= 0.6 is 23.2 Å². The van der Waals surface area contributed by atoms with Gasteiger partial charge in [-0.15, -0.1) is 0 Å². The molecular formula is C16H21Cl2NO3. The number of hydrogen-bond acceptors (Lipinski definition) is 3. The molecule has 2 atom stereocenters. The Morgan fingerprint density at radius 2 is 2.05 bits per heavy atom. The van der Waals surface area contributed by atoms with Gasteiger partial charge < -0.3 is 14.7 Å². The molecule has 0 spiro atoms. The van der Waals surface area contributed by atoms with E-state index < -0.39 is 11.7 Å². The van der Waals surface area contributed by atoms with E-state index in [1.807, 2.05) is 20.8 Å². The number of carbonyl (C=O) groups is 1. The Morgan fingerprint density at radius 3 is 2.64 bits per heavy atom. The van der Waals surface area contributed by atoms with E-state index in [1.54, 1.807) is 23.1 Å². The van der Waals surface area contributed by atoms with Crippen LogP contribution in [0.15, 0.2) is 18.2 Å². The zero-order valence-electron chi connectivity index (χ0n) is 13.0. The molecule has 2 unspecified atom stereocenters.